The van der Waals surface area contributed by atoms with Gasteiger partial charge in [-0.25, -0.2) is 4.68 Å². The quantitative estimate of drug-likeness (QED) is 0.569. The number of anilines is 1. The number of carbonyl (C=O) groups is 1. The Kier molecular flexibility index (Phi) is 5.34. The van der Waals surface area contributed by atoms with Crippen LogP contribution in [-0.4, -0.2) is 26.3 Å². The van der Waals surface area contributed by atoms with E-state index in [2.05, 4.69) is 31.3 Å². The molecule has 6 heteroatoms. The molecule has 0 bridgehead atoms. The summed E-state index contributed by atoms with van der Waals surface area (Å²) in [5, 5.41) is 8.99. The summed E-state index contributed by atoms with van der Waals surface area (Å²) in [6, 6.07) is 8.10. The summed E-state index contributed by atoms with van der Waals surface area (Å²) in [7, 11) is 0. The van der Waals surface area contributed by atoms with Gasteiger partial charge in [-0.05, 0) is 37.3 Å². The molecule has 0 unspecified atom stereocenters. The number of Topliss-reactive ketones (excluding diaryl/α,β-unsaturated/α-hetero) is 1. The van der Waals surface area contributed by atoms with Crippen LogP contribution in [0.25, 0.3) is 0 Å². The van der Waals surface area contributed by atoms with Gasteiger partial charge >= 0.3 is 0 Å². The number of hydrogen-bond acceptors (Lipinski definition) is 5. The highest BCUT2D eigenvalue weighted by atomic mass is 32.2. The maximum Gasteiger partial charge on any atom is 0.227 e. The van der Waals surface area contributed by atoms with E-state index >= 15 is 0 Å². The van der Waals surface area contributed by atoms with Crippen LogP contribution in [0.15, 0.2) is 40.7 Å². The molecule has 2 heterocycles. The maximum atomic E-state index is 12.8. The van der Waals surface area contributed by atoms with Crippen molar-refractivity contribution < 1.29 is 4.79 Å². The van der Waals surface area contributed by atoms with Gasteiger partial charge in [0.15, 0.2) is 5.78 Å². The number of benzene rings is 1. The first-order chi connectivity index (χ1) is 13.2. The second kappa shape index (κ2) is 7.89. The number of aromatic nitrogens is 3. The molecule has 2 aromatic rings. The van der Waals surface area contributed by atoms with Crippen LogP contribution in [0, 0.1) is 6.92 Å². The summed E-state index contributed by atoms with van der Waals surface area (Å²) in [4.78, 5) is 17.5. The lowest BCUT2D eigenvalue weighted by Crippen LogP contribution is -2.31. The molecule has 1 aromatic carbocycles. The van der Waals surface area contributed by atoms with E-state index < -0.39 is 0 Å². The third-order valence-corrected chi connectivity index (χ3v) is 6.23. The average Bonchev–Trinajstić information content (AvgIpc) is 3.07. The van der Waals surface area contributed by atoms with E-state index in [1.165, 1.54) is 24.8 Å². The van der Waals surface area contributed by atoms with Crippen LogP contribution in [-0.2, 0) is 4.79 Å². The number of allylic oxidation sites excluding steroid dienone is 2. The van der Waals surface area contributed by atoms with Crippen molar-refractivity contribution in [3.05, 3.63) is 46.7 Å². The van der Waals surface area contributed by atoms with Crippen LogP contribution >= 0.6 is 11.8 Å². The molecule has 0 amide bonds. The van der Waals surface area contributed by atoms with E-state index in [1.54, 1.807) is 11.8 Å². The Hall–Kier alpha value is -2.08. The lowest BCUT2D eigenvalue weighted by atomic mass is 9.84. The Morgan fingerprint density at radius 2 is 2.11 bits per heavy atom. The molecule has 1 atom stereocenters. The van der Waals surface area contributed by atoms with Gasteiger partial charge in [0.05, 0.1) is 0 Å². The number of nitrogens with zero attached hydrogens (tertiary/aromatic N) is 3. The monoisotopic (exact) mass is 382 g/mol. The van der Waals surface area contributed by atoms with Crippen LogP contribution in [0.2, 0.25) is 0 Å². The van der Waals surface area contributed by atoms with E-state index in [-0.39, 0.29) is 11.8 Å². The van der Waals surface area contributed by atoms with Crippen LogP contribution in [0.4, 0.5) is 5.95 Å². The first-order valence-corrected chi connectivity index (χ1v) is 10.9. The van der Waals surface area contributed by atoms with Crippen LogP contribution in [0.5, 0.6) is 0 Å². The highest BCUT2D eigenvalue weighted by molar-refractivity contribution is 7.99. The highest BCUT2D eigenvalue weighted by Crippen LogP contribution is 2.41. The number of thioether (sulfide) groups is 1. The fourth-order valence-corrected chi connectivity index (χ4v) is 4.72. The van der Waals surface area contributed by atoms with Crippen molar-refractivity contribution in [3.63, 3.8) is 0 Å². The molecule has 5 nitrogen and oxygen atoms in total. The Labute approximate surface area is 164 Å². The predicted molar refractivity (Wildman–Crippen MR) is 109 cm³/mol. The number of nitrogens with one attached hydrogen (secondary N) is 1. The minimum Gasteiger partial charge on any atom is -0.328 e. The maximum absolute atomic E-state index is 12.8. The van der Waals surface area contributed by atoms with Crippen molar-refractivity contribution in [3.8, 4) is 0 Å². The van der Waals surface area contributed by atoms with E-state index in [0.717, 1.165) is 46.5 Å². The molecule has 1 aromatic heterocycles. The van der Waals surface area contributed by atoms with Gasteiger partial charge < -0.3 is 5.32 Å². The molecule has 1 aliphatic carbocycles. The molecule has 0 saturated heterocycles. The van der Waals surface area contributed by atoms with Gasteiger partial charge in [-0.1, -0.05) is 55.8 Å². The molecular weight excluding hydrogens is 356 g/mol. The van der Waals surface area contributed by atoms with Gasteiger partial charge in [0.2, 0.25) is 11.1 Å². The van der Waals surface area contributed by atoms with Gasteiger partial charge in [-0.15, -0.1) is 5.10 Å². The second-order valence-electron chi connectivity index (χ2n) is 7.27. The number of hydrogen-bond donors (Lipinski definition) is 1. The average molecular weight is 383 g/mol. The summed E-state index contributed by atoms with van der Waals surface area (Å²) in [6.07, 6.45) is 6.03. The Bertz CT molecular complexity index is 886. The molecule has 1 N–H and O–H groups in total. The minimum atomic E-state index is -0.178. The summed E-state index contributed by atoms with van der Waals surface area (Å²) >= 11 is 1.70. The molecule has 0 fully saturated rings. The summed E-state index contributed by atoms with van der Waals surface area (Å²) < 4.78 is 1.92. The molecule has 4 rings (SSSR count). The third kappa shape index (κ3) is 3.55. The number of carbonyl (C=O) groups excluding carboxylic acids is 1. The van der Waals surface area contributed by atoms with Crippen molar-refractivity contribution in [1.82, 2.24) is 14.8 Å². The number of aryl methyl sites for hydroxylation is 1. The van der Waals surface area contributed by atoms with Crippen LogP contribution < -0.4 is 5.32 Å². The van der Waals surface area contributed by atoms with Gasteiger partial charge in [-0.3, -0.25) is 4.79 Å². The molecule has 0 saturated carbocycles. The smallest absolute Gasteiger partial charge is 0.227 e. The zero-order valence-electron chi connectivity index (χ0n) is 16.0. The topological polar surface area (TPSA) is 59.8 Å². The Morgan fingerprint density at radius 1 is 1.26 bits per heavy atom. The van der Waals surface area contributed by atoms with Crippen molar-refractivity contribution in [2.75, 3.05) is 11.1 Å². The van der Waals surface area contributed by atoms with Crippen LogP contribution in [0.3, 0.4) is 0 Å². The predicted octanol–water partition coefficient (Wildman–Crippen LogP) is 4.89. The molecular formula is C21H26N4OS. The fourth-order valence-electron chi connectivity index (χ4n) is 3.89. The number of rotatable bonds is 6. The number of ketones is 1. The van der Waals surface area contributed by atoms with E-state index in [0.29, 0.717) is 6.42 Å². The summed E-state index contributed by atoms with van der Waals surface area (Å²) in [6.45, 7) is 4.31. The van der Waals surface area contributed by atoms with Gasteiger partial charge in [0.25, 0.3) is 0 Å². The summed E-state index contributed by atoms with van der Waals surface area (Å²) in [5.74, 6) is 2.02. The molecule has 27 heavy (non-hydrogen) atoms. The minimum absolute atomic E-state index is 0.178. The molecule has 142 valence electrons. The number of fused-ring (bicyclic) bond motifs is 1. The molecule has 1 aliphatic heterocycles. The van der Waals surface area contributed by atoms with E-state index in [1.807, 2.05) is 16.8 Å². The van der Waals surface area contributed by atoms with Gasteiger partial charge in [0, 0.05) is 23.4 Å². The molecule has 0 radical (unpaired) electrons. The van der Waals surface area contributed by atoms with Crippen molar-refractivity contribution >= 4 is 23.5 Å². The second-order valence-corrected chi connectivity index (χ2v) is 8.33. The Balaban J connectivity index is 1.73. The van der Waals surface area contributed by atoms with Crippen molar-refractivity contribution in [2.24, 2.45) is 0 Å². The first kappa shape index (κ1) is 18.3. The Morgan fingerprint density at radius 3 is 2.93 bits per heavy atom. The largest absolute Gasteiger partial charge is 0.328 e. The van der Waals surface area contributed by atoms with Crippen molar-refractivity contribution in [2.45, 2.75) is 63.6 Å². The van der Waals surface area contributed by atoms with Crippen LogP contribution in [0.1, 0.15) is 62.6 Å². The standard InChI is InChI=1S/C21H26N4OS/c1-3-4-7-13-27-21-23-20-22-16-11-8-12-17(26)18(16)19(25(20)24-21)15-10-6-5-9-14(15)2/h5-6,9-10,19H,3-4,7-8,11-13H2,1-2H3,(H,22,23,24)/t19-/m1/s1. The molecule has 0 spiro atoms. The lowest BCUT2D eigenvalue weighted by molar-refractivity contribution is -0.116. The molecule has 2 aliphatic rings. The van der Waals surface area contributed by atoms with Crippen molar-refractivity contribution in [1.29, 1.82) is 0 Å². The zero-order valence-corrected chi connectivity index (χ0v) is 16.8. The fraction of sp³-hybridized carbons (Fsp3) is 0.476. The van der Waals surface area contributed by atoms with E-state index in [4.69, 9.17) is 10.1 Å². The lowest BCUT2D eigenvalue weighted by Gasteiger charge is -2.32. The SMILES string of the molecule is CCCCCSc1nc2n(n1)[C@H](c1ccccc1C)C1=C(CCCC1=O)N2. The van der Waals surface area contributed by atoms with Gasteiger partial charge in [0.1, 0.15) is 6.04 Å². The normalized spacial score (nSPS) is 18.9. The zero-order chi connectivity index (χ0) is 18.8. The highest BCUT2D eigenvalue weighted by Gasteiger charge is 2.37. The third-order valence-electron chi connectivity index (χ3n) is 5.31. The first-order valence-electron chi connectivity index (χ1n) is 9.87. The summed E-state index contributed by atoms with van der Waals surface area (Å²) in [5.41, 5.74) is 4.21. The van der Waals surface area contributed by atoms with Gasteiger partial charge in [-0.2, -0.15) is 4.98 Å². The van der Waals surface area contributed by atoms with E-state index in [9.17, 15) is 4.79 Å². The number of unbranched alkanes of at least 4 members (excludes halogenated alkanes) is 2.